The maximum Gasteiger partial charge on any atom is 0.303 e. The van der Waals surface area contributed by atoms with Crippen molar-refractivity contribution in [3.05, 3.63) is 100 Å². The molecule has 7 heteroatoms. The van der Waals surface area contributed by atoms with Gasteiger partial charge in [-0.1, -0.05) is 48.0 Å². The molecule has 0 bridgehead atoms. The summed E-state index contributed by atoms with van der Waals surface area (Å²) >= 11 is 6.08. The van der Waals surface area contributed by atoms with E-state index in [1.54, 1.807) is 12.1 Å². The summed E-state index contributed by atoms with van der Waals surface area (Å²) < 4.78 is 0. The van der Waals surface area contributed by atoms with Gasteiger partial charge in [0.25, 0.3) is 5.91 Å². The van der Waals surface area contributed by atoms with Gasteiger partial charge >= 0.3 is 5.97 Å². The average molecular weight is 556 g/mol. The first-order chi connectivity index (χ1) is 19.3. The van der Waals surface area contributed by atoms with Crippen molar-refractivity contribution in [1.29, 1.82) is 5.41 Å². The number of aryl methyl sites for hydroxylation is 1. The number of carboxylic acid groups (broad SMARTS) is 1. The van der Waals surface area contributed by atoms with Gasteiger partial charge in [-0.25, -0.2) is 4.99 Å². The van der Waals surface area contributed by atoms with Crippen LogP contribution in [0.3, 0.4) is 0 Å². The highest BCUT2D eigenvalue weighted by atomic mass is 35.5. The van der Waals surface area contributed by atoms with E-state index in [0.717, 1.165) is 44.3 Å². The van der Waals surface area contributed by atoms with Crippen LogP contribution in [0.25, 0.3) is 0 Å². The lowest BCUT2D eigenvalue weighted by molar-refractivity contribution is -0.137. The Labute approximate surface area is 240 Å². The number of hydrogen-bond acceptors (Lipinski definition) is 4. The molecule has 3 aromatic rings. The molecule has 0 aromatic heterocycles. The lowest BCUT2D eigenvalue weighted by Crippen LogP contribution is -2.36. The maximum atomic E-state index is 13.5. The predicted octanol–water partition coefficient (Wildman–Crippen LogP) is 7.25. The van der Waals surface area contributed by atoms with Crippen LogP contribution in [0.4, 0.5) is 5.69 Å². The standard InChI is InChI=1S/C33H34ClN3O3/c34-26-15-11-24(12-16-26)31(29(35)9-3-4-10-30(38)39)36-27-17-13-25(14-18-27)32(40)37-21-20-33(22-37)19-5-7-23-6-1-2-8-28(23)33/h1-2,6,8,11-18,35H,3-5,7,9-10,19-22H2,(H,38,39)/b35-29?,36-31-. The van der Waals surface area contributed by atoms with Crippen LogP contribution in [0.2, 0.25) is 5.02 Å². The zero-order chi connectivity index (χ0) is 28.1. The van der Waals surface area contributed by atoms with Gasteiger partial charge in [0.05, 0.1) is 17.1 Å². The molecule has 1 aliphatic carbocycles. The molecule has 2 aliphatic rings. The molecule has 40 heavy (non-hydrogen) atoms. The zero-order valence-corrected chi connectivity index (χ0v) is 23.3. The van der Waals surface area contributed by atoms with Crippen LogP contribution in [0, 0.1) is 5.41 Å². The number of likely N-dealkylation sites (tertiary alicyclic amines) is 1. The van der Waals surface area contributed by atoms with Crippen molar-refractivity contribution in [3.8, 4) is 0 Å². The summed E-state index contributed by atoms with van der Waals surface area (Å²) in [5, 5.41) is 18.2. The van der Waals surface area contributed by atoms with E-state index in [1.807, 2.05) is 41.3 Å². The van der Waals surface area contributed by atoms with Crippen LogP contribution in [-0.2, 0) is 16.6 Å². The smallest absolute Gasteiger partial charge is 0.303 e. The maximum absolute atomic E-state index is 13.5. The number of amides is 1. The first-order valence-electron chi connectivity index (χ1n) is 14.0. The minimum atomic E-state index is -0.833. The van der Waals surface area contributed by atoms with E-state index in [1.165, 1.54) is 11.1 Å². The Kier molecular flexibility index (Phi) is 8.46. The van der Waals surface area contributed by atoms with E-state index in [2.05, 4.69) is 24.3 Å². The molecule has 206 valence electrons. The number of carbonyl (C=O) groups is 2. The third-order valence-corrected chi connectivity index (χ3v) is 8.41. The van der Waals surface area contributed by atoms with Gasteiger partial charge < -0.3 is 15.4 Å². The number of benzene rings is 3. The van der Waals surface area contributed by atoms with Crippen LogP contribution in [0.1, 0.15) is 72.0 Å². The number of fused-ring (bicyclic) bond motifs is 2. The van der Waals surface area contributed by atoms with Crippen LogP contribution < -0.4 is 0 Å². The molecule has 3 aromatic carbocycles. The second-order valence-corrected chi connectivity index (χ2v) is 11.3. The third-order valence-electron chi connectivity index (χ3n) is 8.16. The lowest BCUT2D eigenvalue weighted by Gasteiger charge is -2.35. The number of aliphatic carboxylic acids is 1. The average Bonchev–Trinajstić information content (AvgIpc) is 3.39. The highest BCUT2D eigenvalue weighted by molar-refractivity contribution is 6.47. The van der Waals surface area contributed by atoms with Crippen molar-refractivity contribution in [2.75, 3.05) is 13.1 Å². The van der Waals surface area contributed by atoms with E-state index in [9.17, 15) is 9.59 Å². The number of hydrogen-bond donors (Lipinski definition) is 2. The number of nitrogens with one attached hydrogen (secondary N) is 1. The molecule has 0 saturated carbocycles. The Balaban J connectivity index is 1.31. The summed E-state index contributed by atoms with van der Waals surface area (Å²) in [6.07, 6.45) is 6.00. The molecule has 1 aliphatic heterocycles. The summed E-state index contributed by atoms with van der Waals surface area (Å²) in [6, 6.07) is 23.2. The van der Waals surface area contributed by atoms with Gasteiger partial charge in [0, 0.05) is 41.1 Å². The van der Waals surface area contributed by atoms with Gasteiger partial charge in [-0.2, -0.15) is 0 Å². The summed E-state index contributed by atoms with van der Waals surface area (Å²) in [4.78, 5) is 31.1. The molecule has 6 nitrogen and oxygen atoms in total. The Bertz CT molecular complexity index is 1430. The van der Waals surface area contributed by atoms with Crippen LogP contribution in [0.5, 0.6) is 0 Å². The fourth-order valence-corrected chi connectivity index (χ4v) is 6.20. The van der Waals surface area contributed by atoms with Crippen molar-refractivity contribution in [1.82, 2.24) is 4.90 Å². The molecule has 5 rings (SSSR count). The molecule has 0 radical (unpaired) electrons. The van der Waals surface area contributed by atoms with Crippen molar-refractivity contribution < 1.29 is 14.7 Å². The number of carboxylic acids is 1. The molecule has 2 N–H and O–H groups in total. The summed E-state index contributed by atoms with van der Waals surface area (Å²) in [7, 11) is 0. The Morgan fingerprint density at radius 2 is 1.62 bits per heavy atom. The quantitative estimate of drug-likeness (QED) is 0.215. The number of carbonyl (C=O) groups excluding carboxylic acids is 1. The SMILES string of the molecule is N=C(CCCCC(=O)O)/C(=N\c1ccc(C(=O)N2CCC3(CCCc4ccccc43)C2)cc1)c1ccc(Cl)cc1. The predicted molar refractivity (Wildman–Crippen MR) is 159 cm³/mol. The zero-order valence-electron chi connectivity index (χ0n) is 22.5. The van der Waals surface area contributed by atoms with Crippen molar-refractivity contribution in [3.63, 3.8) is 0 Å². The normalized spacial score (nSPS) is 18.5. The van der Waals surface area contributed by atoms with E-state index >= 15 is 0 Å². The molecule has 1 fully saturated rings. The molecular weight excluding hydrogens is 522 g/mol. The first-order valence-corrected chi connectivity index (χ1v) is 14.3. The molecule has 1 saturated heterocycles. The number of unbranched alkanes of at least 4 members (excludes halogenated alkanes) is 1. The number of nitrogens with zero attached hydrogens (tertiary/aromatic N) is 2. The van der Waals surface area contributed by atoms with Crippen molar-refractivity contribution >= 4 is 40.6 Å². The Hall–Kier alpha value is -3.77. The monoisotopic (exact) mass is 555 g/mol. The van der Waals surface area contributed by atoms with Gasteiger partial charge in [0.15, 0.2) is 0 Å². The minimum absolute atomic E-state index is 0.0413. The fourth-order valence-electron chi connectivity index (χ4n) is 6.08. The number of rotatable bonds is 9. The van der Waals surface area contributed by atoms with Crippen LogP contribution >= 0.6 is 11.6 Å². The minimum Gasteiger partial charge on any atom is -0.481 e. The lowest BCUT2D eigenvalue weighted by atomic mass is 9.69. The van der Waals surface area contributed by atoms with Crippen LogP contribution in [0.15, 0.2) is 77.8 Å². The summed E-state index contributed by atoms with van der Waals surface area (Å²) in [5.74, 6) is -0.792. The second kappa shape index (κ2) is 12.2. The van der Waals surface area contributed by atoms with Gasteiger partial charge in [-0.05, 0) is 92.5 Å². The Morgan fingerprint density at radius 3 is 2.38 bits per heavy atom. The number of aliphatic imine (C=N–C) groups is 1. The fraction of sp³-hybridized carbons (Fsp3) is 0.333. The molecule has 1 atom stereocenters. The summed E-state index contributed by atoms with van der Waals surface area (Å²) in [6.45, 7) is 1.51. The van der Waals surface area contributed by atoms with Gasteiger partial charge in [-0.15, -0.1) is 0 Å². The molecule has 1 spiro atoms. The molecule has 1 heterocycles. The first kappa shape index (κ1) is 27.8. The highest BCUT2D eigenvalue weighted by Gasteiger charge is 2.43. The van der Waals surface area contributed by atoms with Crippen molar-refractivity contribution in [2.45, 2.75) is 56.8 Å². The van der Waals surface area contributed by atoms with E-state index in [-0.39, 0.29) is 17.7 Å². The van der Waals surface area contributed by atoms with Crippen LogP contribution in [-0.4, -0.2) is 46.4 Å². The van der Waals surface area contributed by atoms with E-state index < -0.39 is 5.97 Å². The van der Waals surface area contributed by atoms with E-state index in [0.29, 0.717) is 47.0 Å². The largest absolute Gasteiger partial charge is 0.481 e. The van der Waals surface area contributed by atoms with Gasteiger partial charge in [0.1, 0.15) is 0 Å². The Morgan fingerprint density at radius 1 is 0.925 bits per heavy atom. The number of halogens is 1. The summed E-state index contributed by atoms with van der Waals surface area (Å²) in [5.41, 5.74) is 5.81. The van der Waals surface area contributed by atoms with Gasteiger partial charge in [-0.3, -0.25) is 9.59 Å². The topological polar surface area (TPSA) is 93.8 Å². The molecular formula is C33H34ClN3O3. The highest BCUT2D eigenvalue weighted by Crippen LogP contribution is 2.44. The van der Waals surface area contributed by atoms with E-state index in [4.69, 9.17) is 27.1 Å². The molecule has 1 unspecified atom stereocenters. The third kappa shape index (κ3) is 6.18. The van der Waals surface area contributed by atoms with Crippen molar-refractivity contribution in [2.24, 2.45) is 4.99 Å². The molecule has 1 amide bonds. The van der Waals surface area contributed by atoms with Gasteiger partial charge in [0.2, 0.25) is 0 Å². The second-order valence-electron chi connectivity index (χ2n) is 10.9.